The van der Waals surface area contributed by atoms with Gasteiger partial charge in [0.1, 0.15) is 18.2 Å². The lowest BCUT2D eigenvalue weighted by Crippen LogP contribution is -2.32. The number of hydrogen-bond acceptors (Lipinski definition) is 6. The number of carbonyl (C=O) groups excluding carboxylic acids is 1. The van der Waals surface area contributed by atoms with Crippen molar-refractivity contribution in [2.75, 3.05) is 37.7 Å². The van der Waals surface area contributed by atoms with Crippen LogP contribution in [0, 0.1) is 11.3 Å². The van der Waals surface area contributed by atoms with Gasteiger partial charge in [-0.2, -0.15) is 0 Å². The van der Waals surface area contributed by atoms with E-state index in [1.165, 1.54) is 0 Å². The fourth-order valence-electron chi connectivity index (χ4n) is 5.91. The van der Waals surface area contributed by atoms with Crippen molar-refractivity contribution in [2.45, 2.75) is 64.4 Å². The lowest BCUT2D eigenvalue weighted by molar-refractivity contribution is -0.143. The molecule has 0 spiro atoms. The second-order valence-electron chi connectivity index (χ2n) is 11.8. The molecular weight excluding hydrogens is 574 g/mol. The molecule has 0 aliphatic carbocycles. The Morgan fingerprint density at radius 2 is 1.82 bits per heavy atom. The molecule has 2 aromatic carbocycles. The number of Topliss-reactive ketones (excluding diaryl/α,β-unsaturated/α-hetero) is 1. The van der Waals surface area contributed by atoms with Crippen LogP contribution in [0.25, 0.3) is 0 Å². The number of halogens is 1. The predicted octanol–water partition coefficient (Wildman–Crippen LogP) is 5.62. The number of aliphatic carboxylic acids is 1. The normalized spacial score (nSPS) is 21.0. The van der Waals surface area contributed by atoms with Crippen LogP contribution in [0.2, 0.25) is 0 Å². The number of nitrogens with one attached hydrogen (secondary N) is 1. The summed E-state index contributed by atoms with van der Waals surface area (Å²) in [7, 11) is 0. The van der Waals surface area contributed by atoms with E-state index in [0.717, 1.165) is 18.4 Å². The van der Waals surface area contributed by atoms with E-state index in [4.69, 9.17) is 15.3 Å². The van der Waals surface area contributed by atoms with Gasteiger partial charge < -0.3 is 24.7 Å². The van der Waals surface area contributed by atoms with E-state index in [-0.39, 0.29) is 59.6 Å². The number of carboxylic acids is 1. The molecule has 3 unspecified atom stereocenters. The SMILES string of the molecule is Br.CCCC1CN(CC(=O)c2cc(N3CCC(OCC(=O)O)C3)c(O)c(C(C)(C)C)c2)C(=N)C1c1ccccc1. The molecule has 2 aliphatic heterocycles. The summed E-state index contributed by atoms with van der Waals surface area (Å²) in [6.07, 6.45) is 2.39. The van der Waals surface area contributed by atoms with Crippen LogP contribution in [0.5, 0.6) is 5.75 Å². The van der Waals surface area contributed by atoms with Gasteiger partial charge in [-0.25, -0.2) is 4.79 Å². The number of amidine groups is 1. The number of rotatable bonds is 10. The van der Waals surface area contributed by atoms with E-state index >= 15 is 0 Å². The smallest absolute Gasteiger partial charge is 0.329 e. The molecule has 0 aromatic heterocycles. The van der Waals surface area contributed by atoms with Crippen molar-refractivity contribution < 1.29 is 24.5 Å². The number of anilines is 1. The zero-order valence-electron chi connectivity index (χ0n) is 23.9. The van der Waals surface area contributed by atoms with Crippen LogP contribution in [0.1, 0.15) is 74.4 Å². The second kappa shape index (κ2) is 13.2. The zero-order chi connectivity index (χ0) is 28.3. The Bertz CT molecular complexity index is 1210. The van der Waals surface area contributed by atoms with Crippen molar-refractivity contribution >= 4 is 40.3 Å². The summed E-state index contributed by atoms with van der Waals surface area (Å²) in [5, 5.41) is 29.2. The molecule has 40 heavy (non-hydrogen) atoms. The summed E-state index contributed by atoms with van der Waals surface area (Å²) >= 11 is 0. The Morgan fingerprint density at radius 1 is 1.12 bits per heavy atom. The molecule has 8 nitrogen and oxygen atoms in total. The minimum Gasteiger partial charge on any atom is -0.505 e. The lowest BCUT2D eigenvalue weighted by atomic mass is 9.84. The van der Waals surface area contributed by atoms with Gasteiger partial charge in [0.25, 0.3) is 0 Å². The molecule has 0 saturated carbocycles. The lowest BCUT2D eigenvalue weighted by Gasteiger charge is -2.27. The van der Waals surface area contributed by atoms with Gasteiger partial charge in [-0.15, -0.1) is 17.0 Å². The Kier molecular flexibility index (Phi) is 10.4. The first kappa shape index (κ1) is 31.6. The van der Waals surface area contributed by atoms with Gasteiger partial charge in [0.05, 0.1) is 18.3 Å². The van der Waals surface area contributed by atoms with Crippen LogP contribution in [-0.2, 0) is 14.9 Å². The summed E-state index contributed by atoms with van der Waals surface area (Å²) in [6, 6.07) is 13.6. The predicted molar refractivity (Wildman–Crippen MR) is 163 cm³/mol. The van der Waals surface area contributed by atoms with Gasteiger partial charge in [-0.1, -0.05) is 64.4 Å². The Morgan fingerprint density at radius 3 is 2.45 bits per heavy atom. The molecule has 0 amide bonds. The molecule has 2 fully saturated rings. The number of phenolic OH excluding ortho intramolecular Hbond substituents is 1. The second-order valence-corrected chi connectivity index (χ2v) is 11.8. The van der Waals surface area contributed by atoms with Gasteiger partial charge in [-0.3, -0.25) is 10.2 Å². The topological polar surface area (TPSA) is 114 Å². The third kappa shape index (κ3) is 7.04. The maximum Gasteiger partial charge on any atom is 0.329 e. The summed E-state index contributed by atoms with van der Waals surface area (Å²) in [5.74, 6) is -0.215. The molecule has 0 bridgehead atoms. The maximum absolute atomic E-state index is 13.7. The van der Waals surface area contributed by atoms with Crippen molar-refractivity contribution in [3.05, 3.63) is 59.2 Å². The fourth-order valence-corrected chi connectivity index (χ4v) is 5.91. The number of hydrogen-bond donors (Lipinski definition) is 3. The Balaban J connectivity index is 0.00000441. The number of nitrogens with zero attached hydrogens (tertiary/aromatic N) is 2. The molecule has 4 rings (SSSR count). The van der Waals surface area contributed by atoms with Gasteiger partial charge >= 0.3 is 5.97 Å². The maximum atomic E-state index is 13.7. The number of aromatic hydroxyl groups is 1. The van der Waals surface area contributed by atoms with Crippen LogP contribution in [0.15, 0.2) is 42.5 Å². The Labute approximate surface area is 247 Å². The average Bonchev–Trinajstić information content (AvgIpc) is 3.47. The molecule has 2 saturated heterocycles. The van der Waals surface area contributed by atoms with E-state index in [1.807, 2.05) is 48.8 Å². The van der Waals surface area contributed by atoms with Crippen molar-refractivity contribution in [2.24, 2.45) is 5.92 Å². The van der Waals surface area contributed by atoms with Crippen LogP contribution >= 0.6 is 17.0 Å². The van der Waals surface area contributed by atoms with Crippen LogP contribution < -0.4 is 4.90 Å². The minimum absolute atomic E-state index is 0. The third-order valence-corrected chi connectivity index (χ3v) is 7.86. The molecule has 2 aromatic rings. The third-order valence-electron chi connectivity index (χ3n) is 7.86. The van der Waals surface area contributed by atoms with Crippen molar-refractivity contribution in [3.63, 3.8) is 0 Å². The molecular formula is C31H42BrN3O5. The summed E-state index contributed by atoms with van der Waals surface area (Å²) < 4.78 is 5.49. The molecule has 3 N–H and O–H groups in total. The molecule has 0 radical (unpaired) electrons. The van der Waals surface area contributed by atoms with E-state index in [1.54, 1.807) is 12.1 Å². The highest BCUT2D eigenvalue weighted by Crippen LogP contribution is 2.41. The van der Waals surface area contributed by atoms with Gasteiger partial charge in [0.2, 0.25) is 0 Å². The van der Waals surface area contributed by atoms with E-state index < -0.39 is 11.4 Å². The number of ketones is 1. The minimum atomic E-state index is -1.01. The first-order valence-electron chi connectivity index (χ1n) is 13.9. The Hall–Kier alpha value is -2.91. The van der Waals surface area contributed by atoms with E-state index in [2.05, 4.69) is 19.1 Å². The number of phenols is 1. The van der Waals surface area contributed by atoms with Crippen LogP contribution in [0.3, 0.4) is 0 Å². The summed E-state index contributed by atoms with van der Waals surface area (Å²) in [5.41, 5.74) is 2.46. The quantitative estimate of drug-likeness (QED) is 0.297. The van der Waals surface area contributed by atoms with Crippen LogP contribution in [-0.4, -0.2) is 71.6 Å². The highest BCUT2D eigenvalue weighted by Gasteiger charge is 2.39. The van der Waals surface area contributed by atoms with Gasteiger partial charge in [-0.05, 0) is 41.9 Å². The average molecular weight is 617 g/mol. The van der Waals surface area contributed by atoms with E-state index in [9.17, 15) is 14.7 Å². The number of benzene rings is 2. The van der Waals surface area contributed by atoms with Crippen molar-refractivity contribution in [3.8, 4) is 5.75 Å². The monoisotopic (exact) mass is 615 g/mol. The molecule has 9 heteroatoms. The number of carboxylic acid groups (broad SMARTS) is 1. The van der Waals surface area contributed by atoms with Crippen molar-refractivity contribution in [1.29, 1.82) is 5.41 Å². The standard InChI is InChI=1S/C31H41N3O5.BrH/c1-5-9-21-16-34(30(32)28(21)20-10-7-6-8-11-20)18-26(35)22-14-24(31(2,3)4)29(38)25(15-22)33-13-12-23(17-33)39-19-27(36)37;/h6-8,10-11,14-15,21,23,28,32,38H,5,9,12-13,16-19H2,1-4H3,(H,36,37);1H. The van der Waals surface area contributed by atoms with Crippen LogP contribution in [0.4, 0.5) is 5.69 Å². The zero-order valence-corrected chi connectivity index (χ0v) is 25.6. The largest absolute Gasteiger partial charge is 0.505 e. The highest BCUT2D eigenvalue weighted by molar-refractivity contribution is 8.93. The number of likely N-dealkylation sites (tertiary alicyclic amines) is 1. The van der Waals surface area contributed by atoms with Gasteiger partial charge in [0.15, 0.2) is 5.78 Å². The molecule has 218 valence electrons. The first-order valence-corrected chi connectivity index (χ1v) is 13.9. The highest BCUT2D eigenvalue weighted by atomic mass is 79.9. The fraction of sp³-hybridized carbons (Fsp3) is 0.516. The molecule has 2 heterocycles. The summed E-state index contributed by atoms with van der Waals surface area (Å²) in [6.45, 7) is 9.60. The molecule has 2 aliphatic rings. The van der Waals surface area contributed by atoms with Crippen molar-refractivity contribution in [1.82, 2.24) is 4.90 Å². The number of ether oxygens (including phenoxy) is 1. The summed E-state index contributed by atoms with van der Waals surface area (Å²) in [4.78, 5) is 28.5. The first-order chi connectivity index (χ1) is 18.5. The number of carbonyl (C=O) groups is 2. The van der Waals surface area contributed by atoms with Gasteiger partial charge in [0, 0.05) is 36.7 Å². The van der Waals surface area contributed by atoms with E-state index in [0.29, 0.717) is 48.7 Å². The molecule has 3 atom stereocenters.